The molecule has 0 unspecified atom stereocenters. The Balaban J connectivity index is 1.45. The predicted octanol–water partition coefficient (Wildman–Crippen LogP) is 2.61. The second-order valence-corrected chi connectivity index (χ2v) is 9.87. The highest BCUT2D eigenvalue weighted by atomic mass is 16.5. The van der Waals surface area contributed by atoms with Crippen molar-refractivity contribution >= 4 is 23.4 Å². The van der Waals surface area contributed by atoms with E-state index in [0.717, 1.165) is 44.3 Å². The van der Waals surface area contributed by atoms with Crippen molar-refractivity contribution in [3.63, 3.8) is 0 Å². The Hall–Kier alpha value is -2.61. The quantitative estimate of drug-likeness (QED) is 0.507. The molecular formula is C26H38N4O4. The largest absolute Gasteiger partial charge is 0.383 e. The fraction of sp³-hybridized carbons (Fsp3) is 0.654. The number of anilines is 1. The number of rotatable bonds is 8. The van der Waals surface area contributed by atoms with Crippen LogP contribution in [0.2, 0.25) is 0 Å². The summed E-state index contributed by atoms with van der Waals surface area (Å²) in [6, 6.07) is 8.37. The SMILES string of the molecule is COC[C@@H]1Nc2ccccc2[C@H]2[C@@H]1CCN2C(=O)[C@H]1CCCC[C@H]1NC(=O)CCCNC(C)=O. The number of fused-ring (bicyclic) bond motifs is 3. The van der Waals surface area contributed by atoms with Gasteiger partial charge in [0.25, 0.3) is 0 Å². The van der Waals surface area contributed by atoms with Crippen LogP contribution in [-0.2, 0) is 19.1 Å². The molecule has 1 aliphatic carbocycles. The van der Waals surface area contributed by atoms with E-state index in [9.17, 15) is 14.4 Å². The molecular weight excluding hydrogens is 432 g/mol. The van der Waals surface area contributed by atoms with Crippen LogP contribution in [0.3, 0.4) is 0 Å². The molecule has 2 aliphatic heterocycles. The van der Waals surface area contributed by atoms with Crippen LogP contribution in [-0.4, -0.2) is 61.5 Å². The Labute approximate surface area is 202 Å². The van der Waals surface area contributed by atoms with Gasteiger partial charge in [0.05, 0.1) is 24.6 Å². The lowest BCUT2D eigenvalue weighted by Crippen LogP contribution is -2.50. The number of carbonyl (C=O) groups excluding carboxylic acids is 3. The highest BCUT2D eigenvalue weighted by Crippen LogP contribution is 2.47. The topological polar surface area (TPSA) is 99.8 Å². The van der Waals surface area contributed by atoms with Gasteiger partial charge in [0.1, 0.15) is 0 Å². The summed E-state index contributed by atoms with van der Waals surface area (Å²) < 4.78 is 5.49. The molecule has 2 heterocycles. The number of nitrogens with zero attached hydrogens (tertiary/aromatic N) is 1. The number of ether oxygens (including phenoxy) is 1. The molecule has 0 aromatic heterocycles. The number of amides is 3. The van der Waals surface area contributed by atoms with Gasteiger partial charge in [0, 0.05) is 51.2 Å². The zero-order valence-electron chi connectivity index (χ0n) is 20.3. The Morgan fingerprint density at radius 2 is 1.94 bits per heavy atom. The zero-order chi connectivity index (χ0) is 24.1. The molecule has 3 aliphatic rings. The van der Waals surface area contributed by atoms with Crippen molar-refractivity contribution < 1.29 is 19.1 Å². The number of likely N-dealkylation sites (tertiary alicyclic amines) is 1. The summed E-state index contributed by atoms with van der Waals surface area (Å²) in [5, 5.41) is 9.50. The van der Waals surface area contributed by atoms with Gasteiger partial charge in [-0.1, -0.05) is 31.0 Å². The number of methoxy groups -OCH3 is 1. The fourth-order valence-electron chi connectivity index (χ4n) is 6.03. The molecule has 186 valence electrons. The van der Waals surface area contributed by atoms with Gasteiger partial charge in [-0.3, -0.25) is 14.4 Å². The van der Waals surface area contributed by atoms with E-state index in [-0.39, 0.29) is 41.8 Å². The van der Waals surface area contributed by atoms with Crippen LogP contribution in [0.5, 0.6) is 0 Å². The predicted molar refractivity (Wildman–Crippen MR) is 130 cm³/mol. The summed E-state index contributed by atoms with van der Waals surface area (Å²) in [7, 11) is 1.72. The summed E-state index contributed by atoms with van der Waals surface area (Å²) in [6.07, 6.45) is 5.57. The van der Waals surface area contributed by atoms with Crippen molar-refractivity contribution in [3.8, 4) is 0 Å². The van der Waals surface area contributed by atoms with E-state index in [1.165, 1.54) is 12.5 Å². The van der Waals surface area contributed by atoms with Gasteiger partial charge in [-0.05, 0) is 37.3 Å². The van der Waals surface area contributed by atoms with Crippen LogP contribution >= 0.6 is 0 Å². The summed E-state index contributed by atoms with van der Waals surface area (Å²) in [5.41, 5.74) is 2.26. The first-order valence-corrected chi connectivity index (χ1v) is 12.7. The maximum absolute atomic E-state index is 13.9. The van der Waals surface area contributed by atoms with Crippen molar-refractivity contribution in [2.24, 2.45) is 11.8 Å². The second kappa shape index (κ2) is 11.2. The Morgan fingerprint density at radius 3 is 2.74 bits per heavy atom. The van der Waals surface area contributed by atoms with Gasteiger partial charge >= 0.3 is 0 Å². The smallest absolute Gasteiger partial charge is 0.228 e. The molecule has 0 spiro atoms. The Kier molecular flexibility index (Phi) is 8.08. The summed E-state index contributed by atoms with van der Waals surface area (Å²) >= 11 is 0. The molecule has 4 rings (SSSR count). The number of carbonyl (C=O) groups is 3. The average Bonchev–Trinajstić information content (AvgIpc) is 3.28. The van der Waals surface area contributed by atoms with Gasteiger partial charge in [0.2, 0.25) is 17.7 Å². The van der Waals surface area contributed by atoms with E-state index in [1.807, 2.05) is 12.1 Å². The number of benzene rings is 1. The maximum atomic E-state index is 13.9. The van der Waals surface area contributed by atoms with E-state index in [0.29, 0.717) is 31.9 Å². The maximum Gasteiger partial charge on any atom is 0.228 e. The Bertz CT molecular complexity index is 891. The monoisotopic (exact) mass is 470 g/mol. The third-order valence-electron chi connectivity index (χ3n) is 7.60. The molecule has 0 radical (unpaired) electrons. The summed E-state index contributed by atoms with van der Waals surface area (Å²) in [4.78, 5) is 39.6. The lowest BCUT2D eigenvalue weighted by molar-refractivity contribution is -0.139. The van der Waals surface area contributed by atoms with Crippen LogP contribution in [0.15, 0.2) is 24.3 Å². The van der Waals surface area contributed by atoms with Crippen LogP contribution in [0, 0.1) is 11.8 Å². The van der Waals surface area contributed by atoms with Crippen LogP contribution < -0.4 is 16.0 Å². The second-order valence-electron chi connectivity index (χ2n) is 9.87. The van der Waals surface area contributed by atoms with Gasteiger partial charge in [-0.15, -0.1) is 0 Å². The van der Waals surface area contributed by atoms with E-state index in [4.69, 9.17) is 4.74 Å². The molecule has 1 aromatic carbocycles. The number of nitrogens with one attached hydrogen (secondary N) is 3. The molecule has 5 atom stereocenters. The van der Waals surface area contributed by atoms with E-state index < -0.39 is 0 Å². The van der Waals surface area contributed by atoms with Crippen molar-refractivity contribution in [2.45, 2.75) is 70.0 Å². The molecule has 1 aromatic rings. The first-order valence-electron chi connectivity index (χ1n) is 12.7. The number of hydrogen-bond donors (Lipinski definition) is 3. The average molecular weight is 471 g/mol. The molecule has 3 amide bonds. The molecule has 2 fully saturated rings. The standard InChI is InChI=1S/C26H38N4O4/c1-17(31)27-14-7-12-24(32)29-22-11-6-4-9-20(22)26(33)30-15-13-19-23(16-34-2)28-21-10-5-3-8-18(21)25(19)30/h3,5,8,10,19-20,22-23,25,28H,4,6-7,9,11-16H2,1-2H3,(H,27,31)(H,29,32)/t19-,20+,22-,23+,25+/m1/s1. The number of hydrogen-bond acceptors (Lipinski definition) is 5. The zero-order valence-corrected chi connectivity index (χ0v) is 20.3. The Morgan fingerprint density at radius 1 is 1.15 bits per heavy atom. The number of para-hydroxylation sites is 1. The third-order valence-corrected chi connectivity index (χ3v) is 7.60. The van der Waals surface area contributed by atoms with Gasteiger partial charge in [-0.2, -0.15) is 0 Å². The molecule has 3 N–H and O–H groups in total. The van der Waals surface area contributed by atoms with Crippen molar-refractivity contribution in [3.05, 3.63) is 29.8 Å². The van der Waals surface area contributed by atoms with E-state index in [1.54, 1.807) is 7.11 Å². The van der Waals surface area contributed by atoms with Crippen LogP contribution in [0.25, 0.3) is 0 Å². The molecule has 0 bridgehead atoms. The first kappa shape index (κ1) is 24.5. The van der Waals surface area contributed by atoms with Crippen LogP contribution in [0.4, 0.5) is 5.69 Å². The minimum absolute atomic E-state index is 0.0401. The molecule has 8 nitrogen and oxygen atoms in total. The minimum Gasteiger partial charge on any atom is -0.383 e. The normalized spacial score (nSPS) is 27.8. The highest BCUT2D eigenvalue weighted by Gasteiger charge is 2.48. The highest BCUT2D eigenvalue weighted by molar-refractivity contribution is 5.83. The van der Waals surface area contributed by atoms with Crippen molar-refractivity contribution in [1.29, 1.82) is 0 Å². The van der Waals surface area contributed by atoms with Crippen molar-refractivity contribution in [1.82, 2.24) is 15.5 Å². The molecule has 34 heavy (non-hydrogen) atoms. The first-order chi connectivity index (χ1) is 16.5. The van der Waals surface area contributed by atoms with Gasteiger partial charge in [-0.25, -0.2) is 0 Å². The molecule has 1 saturated heterocycles. The summed E-state index contributed by atoms with van der Waals surface area (Å²) in [5.74, 6) is 0.166. The van der Waals surface area contributed by atoms with Crippen LogP contribution in [0.1, 0.15) is 63.5 Å². The lowest BCUT2D eigenvalue weighted by Gasteiger charge is -2.41. The molecule has 1 saturated carbocycles. The van der Waals surface area contributed by atoms with Gasteiger partial charge < -0.3 is 25.6 Å². The molecule has 8 heteroatoms. The minimum atomic E-state index is -0.185. The van der Waals surface area contributed by atoms with Gasteiger partial charge in [0.15, 0.2) is 0 Å². The third kappa shape index (κ3) is 5.37. The lowest BCUT2D eigenvalue weighted by atomic mass is 9.81. The van der Waals surface area contributed by atoms with Crippen molar-refractivity contribution in [2.75, 3.05) is 32.1 Å². The summed E-state index contributed by atoms with van der Waals surface area (Å²) in [6.45, 7) is 3.30. The fourth-order valence-corrected chi connectivity index (χ4v) is 6.03. The van der Waals surface area contributed by atoms with E-state index in [2.05, 4.69) is 33.0 Å². The van der Waals surface area contributed by atoms with E-state index >= 15 is 0 Å².